The molecule has 0 spiro atoms. The van der Waals surface area contributed by atoms with Crippen LogP contribution in [0, 0.1) is 5.92 Å². The standard InChI is InChI=1S/C11H24N2.C10H20N2.C10H21N.C8H15F2N.C8H16FN.C8H18N2.2C8H17N.C7H13F2N.C7H15NO.C7H15N.C6H14N2.C6H13NO.C5H13N.C4H10/c1-10(2)12-6-8-13(9-7-12)11(3,4)5;1-9(2)11-5-7-12(8-6-11)10-3-4-10;1-10(2,3)11-8-6-4-5-7-9-11;1-7(2)11-5-3-8(9,10)4-6-11;1-7(2)10-5-3-8(9)4-6-10;1-8(2)10-6-4-9(3)5-7-10;1-8(2,3)9-6-4-5-7-9;1-8(2)9-6-4-3-5-7-9;1-6(2,3)10-4-7(8,9)5-10;1-7(2)8-3-5-9-6-4-8;1-7(2,3)8-5-4-6-8;1-8-5-2-3-7-4-6-8;1-6(2)7-3-4-8-5-7;1-5(2)6(3)4;1-4(2)3/h10H,6-9H2,1-5H3;9-10H,3-8H2,1-2H3;4-9H2,1-3H3;7H,3-6H2,1-2H3;7-8H,3-6H2,1-2H3;8H,4-7H2,1-3H3;4-7H2,1-3H3;8H,3-7H2,1-2H3;4-5H2,1-3H3;7H,3-6H2,1-2H3;4-6H2,1-3H3;7H,2-6H2,1H3;6H,3-5H2,1-2H3;5H,1-4H3;4H,1-3H3. The van der Waals surface area contributed by atoms with E-state index >= 15 is 0 Å². The fourth-order valence-electron chi connectivity index (χ4n) is 17.5. The van der Waals surface area contributed by atoms with E-state index in [9.17, 15) is 22.0 Å². The van der Waals surface area contributed by atoms with Gasteiger partial charge in [-0.05, 0) is 405 Å². The molecule has 14 aliphatic rings. The largest absolute Gasteiger partial charge is 0.379 e. The van der Waals surface area contributed by atoms with Gasteiger partial charge in [0.15, 0.2) is 0 Å². The van der Waals surface area contributed by atoms with Gasteiger partial charge in [-0.3, -0.25) is 53.9 Å². The second-order valence-corrected chi connectivity index (χ2v) is 50.3. The van der Waals surface area contributed by atoms with Crippen molar-refractivity contribution < 1.29 is 31.4 Å². The minimum Gasteiger partial charge on any atom is -0.379 e. The van der Waals surface area contributed by atoms with Crippen molar-refractivity contribution in [1.29, 1.82) is 0 Å². The van der Waals surface area contributed by atoms with Crippen molar-refractivity contribution in [2.24, 2.45) is 5.92 Å². The average Bonchev–Trinajstić information content (AvgIpc) is 1.21. The van der Waals surface area contributed by atoms with Crippen molar-refractivity contribution in [3.63, 3.8) is 0 Å². The van der Waals surface area contributed by atoms with Crippen LogP contribution >= 0.6 is 0 Å². The number of likely N-dealkylation sites (N-methyl/N-ethyl adjacent to an activating group) is 2. The number of halogens is 5. The van der Waals surface area contributed by atoms with E-state index in [0.717, 1.165) is 109 Å². The molecule has 14 rings (SSSR count). The van der Waals surface area contributed by atoms with Crippen LogP contribution in [0.4, 0.5) is 22.0 Å². The molecule has 0 unspecified atom stereocenters. The van der Waals surface area contributed by atoms with Gasteiger partial charge in [0.05, 0.1) is 39.6 Å². The molecule has 13 saturated heterocycles. The Bertz CT molecular complexity index is 2680. The molecule has 0 bridgehead atoms. The summed E-state index contributed by atoms with van der Waals surface area (Å²) in [6.07, 6.45) is 19.4. The van der Waals surface area contributed by atoms with Gasteiger partial charge in [-0.1, -0.05) is 40.0 Å². The second-order valence-electron chi connectivity index (χ2n) is 50.3. The lowest BCUT2D eigenvalue weighted by atomic mass is 9.99. The van der Waals surface area contributed by atoms with Gasteiger partial charge in [-0.15, -0.1) is 0 Å². The Balaban J connectivity index is 0.00000146. The lowest BCUT2D eigenvalue weighted by Gasteiger charge is -2.47. The molecular formula is C113H241F5N18O2. The molecule has 13 heterocycles. The minimum atomic E-state index is -2.42. The lowest BCUT2D eigenvalue weighted by molar-refractivity contribution is -0.160. The van der Waals surface area contributed by atoms with Crippen molar-refractivity contribution in [3.05, 3.63) is 0 Å². The predicted molar refractivity (Wildman–Crippen MR) is 593 cm³/mol. The summed E-state index contributed by atoms with van der Waals surface area (Å²) in [4.78, 5) is 41.0. The molecule has 0 amide bonds. The van der Waals surface area contributed by atoms with Gasteiger partial charge in [0.2, 0.25) is 0 Å². The number of piperidine rings is 3. The van der Waals surface area contributed by atoms with Crippen LogP contribution in [-0.2, 0) is 9.47 Å². The third-order valence-corrected chi connectivity index (χ3v) is 29.1. The minimum absolute atomic E-state index is 0.0329. The number of hydrogen-bond donors (Lipinski definition) is 1. The van der Waals surface area contributed by atoms with Gasteiger partial charge < -0.3 is 44.2 Å². The maximum absolute atomic E-state index is 12.6. The Hall–Kier alpha value is -1.15. The maximum Gasteiger partial charge on any atom is 0.272 e. The van der Waals surface area contributed by atoms with E-state index in [-0.39, 0.29) is 31.5 Å². The molecule has 20 nitrogen and oxygen atoms in total. The number of piperazine rings is 3. The molecule has 1 saturated carbocycles. The third kappa shape index (κ3) is 68.5. The summed E-state index contributed by atoms with van der Waals surface area (Å²) in [5.74, 6) is -3.99. The van der Waals surface area contributed by atoms with Crippen LogP contribution in [0.25, 0.3) is 0 Å². The maximum atomic E-state index is 12.6. The number of hydrogen-bond acceptors (Lipinski definition) is 20. The average molecular weight is 1980 g/mol. The van der Waals surface area contributed by atoms with Crippen molar-refractivity contribution >= 4 is 0 Å². The van der Waals surface area contributed by atoms with E-state index in [0.29, 0.717) is 71.5 Å². The number of morpholine rings is 1. The van der Waals surface area contributed by atoms with Crippen molar-refractivity contribution in [3.8, 4) is 0 Å². The molecule has 25 heteroatoms. The van der Waals surface area contributed by atoms with E-state index in [1.165, 1.54) is 234 Å². The van der Waals surface area contributed by atoms with Gasteiger partial charge in [0.1, 0.15) is 6.17 Å². The zero-order valence-electron chi connectivity index (χ0n) is 99.4. The summed E-state index contributed by atoms with van der Waals surface area (Å²) in [7, 11) is 8.51. The highest BCUT2D eigenvalue weighted by molar-refractivity contribution is 4.94. The molecule has 0 aromatic rings. The number of rotatable bonds is 10. The Labute approximate surface area is 856 Å². The zero-order valence-corrected chi connectivity index (χ0v) is 99.4. The molecule has 0 aromatic heterocycles. The fraction of sp³-hybridized carbons (Fsp3) is 1.00. The third-order valence-electron chi connectivity index (χ3n) is 29.1. The number of nitrogens with one attached hydrogen (secondary N) is 1. The summed E-state index contributed by atoms with van der Waals surface area (Å²) in [6.45, 7) is 120. The van der Waals surface area contributed by atoms with Crippen LogP contribution in [0.5, 0.6) is 0 Å². The number of alkyl halides is 5. The van der Waals surface area contributed by atoms with Crippen LogP contribution in [0.3, 0.4) is 0 Å². The highest BCUT2D eigenvalue weighted by Crippen LogP contribution is 2.34. The molecule has 0 aromatic carbocycles. The summed E-state index contributed by atoms with van der Waals surface area (Å²) >= 11 is 0. The van der Waals surface area contributed by atoms with E-state index < -0.39 is 18.0 Å². The Morgan fingerprint density at radius 3 is 0.855 bits per heavy atom. The van der Waals surface area contributed by atoms with E-state index in [2.05, 4.69) is 327 Å². The topological polar surface area (TPSA) is 85.6 Å². The summed E-state index contributed by atoms with van der Waals surface area (Å²) in [5, 5.41) is 3.34. The van der Waals surface area contributed by atoms with Crippen LogP contribution in [-0.4, -0.2) is 460 Å². The van der Waals surface area contributed by atoms with Gasteiger partial charge in [-0.2, -0.15) is 0 Å². The first-order valence-corrected chi connectivity index (χ1v) is 56.6. The molecule has 14 fully saturated rings. The highest BCUT2D eigenvalue weighted by atomic mass is 19.3. The van der Waals surface area contributed by atoms with E-state index in [1.807, 2.05) is 34.6 Å². The Morgan fingerprint density at radius 2 is 0.565 bits per heavy atom. The van der Waals surface area contributed by atoms with Crippen LogP contribution in [0.15, 0.2) is 0 Å². The van der Waals surface area contributed by atoms with Gasteiger partial charge in [0.25, 0.3) is 11.8 Å². The Kier molecular flexibility index (Phi) is 71.7. The first-order chi connectivity index (χ1) is 63.9. The molecule has 0 atom stereocenters. The number of nitrogens with zero attached hydrogens (tertiary/aromatic N) is 17. The highest BCUT2D eigenvalue weighted by Gasteiger charge is 2.48. The van der Waals surface area contributed by atoms with Gasteiger partial charge in [0, 0.05) is 238 Å². The van der Waals surface area contributed by atoms with Crippen LogP contribution in [0.2, 0.25) is 0 Å². The number of likely N-dealkylation sites (tertiary alicyclic amines) is 7. The SMILES string of the molecule is CC(C)(C)N1CC(F)(F)C1.CC(C)(C)N1CCC1.CC(C)(C)N1CCCC1.CC(C)(C)N1CCCCCC1.CC(C)C.CC(C)N(C)C.CC(C)N1CCC(F)(F)CC1.CC(C)N1CCC(F)CC1.CC(C)N1CCCCC1.CC(C)N1CCN(C(C)(C)C)CC1.CC(C)N1CCN(C)CC1.CC(C)N1CCN(C2CC2)CC1.CC(C)N1CCOC1.CC(C)N1CCOCC1.CN1CCCNCC1. The van der Waals surface area contributed by atoms with Crippen molar-refractivity contribution in [2.75, 3.05) is 271 Å². The smallest absolute Gasteiger partial charge is 0.272 e. The monoisotopic (exact) mass is 1980 g/mol. The first-order valence-electron chi connectivity index (χ1n) is 56.6. The van der Waals surface area contributed by atoms with Gasteiger partial charge >= 0.3 is 0 Å². The molecule has 1 N–H and O–H groups in total. The normalized spacial score (nSPS) is 23.2. The van der Waals surface area contributed by atoms with E-state index in [4.69, 9.17) is 9.47 Å². The van der Waals surface area contributed by atoms with Gasteiger partial charge in [-0.25, -0.2) is 22.0 Å². The quantitative estimate of drug-likeness (QED) is 0.210. The Morgan fingerprint density at radius 1 is 0.283 bits per heavy atom. The summed E-state index contributed by atoms with van der Waals surface area (Å²) in [5.41, 5.74) is 1.49. The van der Waals surface area contributed by atoms with Crippen molar-refractivity contribution in [1.82, 2.24) is 88.6 Å². The first kappa shape index (κ1) is 137. The van der Waals surface area contributed by atoms with Crippen LogP contribution in [0.1, 0.15) is 358 Å². The predicted octanol–water partition coefficient (Wildman–Crippen LogP) is 21.2. The lowest BCUT2D eigenvalue weighted by Crippen LogP contribution is -2.62. The summed E-state index contributed by atoms with van der Waals surface area (Å²) in [6, 6.07) is 6.95. The molecule has 138 heavy (non-hydrogen) atoms. The van der Waals surface area contributed by atoms with Crippen molar-refractivity contribution in [2.45, 2.75) is 465 Å². The second kappa shape index (κ2) is 72.3. The molecular weight excluding hydrogens is 1740 g/mol. The zero-order chi connectivity index (χ0) is 106. The molecule has 830 valence electrons. The molecule has 0 radical (unpaired) electrons. The van der Waals surface area contributed by atoms with E-state index in [1.54, 1.807) is 4.90 Å². The summed E-state index contributed by atoms with van der Waals surface area (Å²) < 4.78 is 72.7. The fourth-order valence-corrected chi connectivity index (χ4v) is 17.5. The van der Waals surface area contributed by atoms with Crippen LogP contribution < -0.4 is 5.32 Å². The number of ether oxygens (including phenoxy) is 2. The molecule has 1 aliphatic carbocycles. The molecule has 13 aliphatic heterocycles.